The fraction of sp³-hybridized carbons (Fsp3) is 0.419. The van der Waals surface area contributed by atoms with E-state index in [9.17, 15) is 0 Å². The zero-order valence-corrected chi connectivity index (χ0v) is 24.4. The van der Waals surface area contributed by atoms with Gasteiger partial charge < -0.3 is 23.5 Å². The molecule has 0 aliphatic carbocycles. The quantitative estimate of drug-likeness (QED) is 0.230. The van der Waals surface area contributed by atoms with Crippen LogP contribution in [0.5, 0.6) is 11.5 Å². The van der Waals surface area contributed by atoms with Crippen LogP contribution in [0.4, 0.5) is 0 Å². The van der Waals surface area contributed by atoms with Gasteiger partial charge in [-0.25, -0.2) is 9.97 Å². The number of piperidine rings is 1. The lowest BCUT2D eigenvalue weighted by Gasteiger charge is -2.33. The fourth-order valence-corrected chi connectivity index (χ4v) is 6.19. The maximum atomic E-state index is 8.01. The number of benzene rings is 1. The topological polar surface area (TPSA) is 108 Å². The Kier molecular flexibility index (Phi) is 7.00. The first-order chi connectivity index (χ1) is 20.4. The Bertz CT molecular complexity index is 1630. The van der Waals surface area contributed by atoms with Gasteiger partial charge in [0.05, 0.1) is 48.6 Å². The maximum absolute atomic E-state index is 8.01. The van der Waals surface area contributed by atoms with Gasteiger partial charge in [-0.2, -0.15) is 0 Å². The van der Waals surface area contributed by atoms with Crippen LogP contribution in [-0.4, -0.2) is 63.2 Å². The summed E-state index contributed by atoms with van der Waals surface area (Å²) in [7, 11) is 1.48. The lowest BCUT2D eigenvalue weighted by atomic mass is 9.88. The molecule has 1 unspecified atom stereocenters. The van der Waals surface area contributed by atoms with Crippen molar-refractivity contribution in [2.45, 2.75) is 57.1 Å². The number of fused-ring (bicyclic) bond motifs is 2. The van der Waals surface area contributed by atoms with Crippen LogP contribution in [0.3, 0.4) is 0 Å². The highest BCUT2D eigenvalue weighted by molar-refractivity contribution is 6.30. The zero-order valence-electron chi connectivity index (χ0n) is 23.7. The second-order valence-corrected chi connectivity index (χ2v) is 11.7. The third kappa shape index (κ3) is 4.97. The van der Waals surface area contributed by atoms with Crippen molar-refractivity contribution in [1.29, 1.82) is 5.41 Å². The van der Waals surface area contributed by atoms with E-state index in [0.29, 0.717) is 22.3 Å². The van der Waals surface area contributed by atoms with Crippen LogP contribution in [0.2, 0.25) is 5.02 Å². The van der Waals surface area contributed by atoms with Crippen molar-refractivity contribution in [3.63, 3.8) is 0 Å². The Hall–Kier alpha value is -3.73. The minimum Gasteiger partial charge on any atom is -0.480 e. The molecule has 0 spiro atoms. The SMILES string of the molecule is COC(=N)c1cc2nc(CN3CCC(c4cccc5c4OC(C)(c4ccc(Cl)cn4)O5)CC3)n(C[C@@H]3CCO3)c2cn1. The van der Waals surface area contributed by atoms with Crippen molar-refractivity contribution in [1.82, 2.24) is 24.4 Å². The molecule has 1 aromatic carbocycles. The molecule has 2 fully saturated rings. The largest absolute Gasteiger partial charge is 0.480 e. The molecule has 3 aromatic heterocycles. The number of rotatable bonds is 7. The number of pyridine rings is 2. The van der Waals surface area contributed by atoms with Gasteiger partial charge in [0, 0.05) is 25.3 Å². The highest BCUT2D eigenvalue weighted by Gasteiger charge is 2.42. The number of likely N-dealkylation sites (tertiary alicyclic amines) is 1. The summed E-state index contributed by atoms with van der Waals surface area (Å²) >= 11 is 6.05. The smallest absolute Gasteiger partial charge is 0.292 e. The summed E-state index contributed by atoms with van der Waals surface area (Å²) in [4.78, 5) is 16.4. The first-order valence-electron chi connectivity index (χ1n) is 14.3. The summed E-state index contributed by atoms with van der Waals surface area (Å²) in [5, 5.41) is 8.58. The van der Waals surface area contributed by atoms with Crippen LogP contribution >= 0.6 is 11.6 Å². The van der Waals surface area contributed by atoms with Gasteiger partial charge in [0.15, 0.2) is 11.5 Å². The maximum Gasteiger partial charge on any atom is 0.292 e. The molecule has 3 aliphatic rings. The van der Waals surface area contributed by atoms with Gasteiger partial charge in [0.25, 0.3) is 5.79 Å². The third-order valence-electron chi connectivity index (χ3n) is 8.53. The minimum atomic E-state index is -0.997. The predicted octanol–water partition coefficient (Wildman–Crippen LogP) is 5.26. The van der Waals surface area contributed by atoms with E-state index in [1.165, 1.54) is 12.7 Å². The van der Waals surface area contributed by atoms with Crippen LogP contribution in [0.15, 0.2) is 48.8 Å². The van der Waals surface area contributed by atoms with E-state index in [0.717, 1.165) is 80.4 Å². The molecule has 0 radical (unpaired) electrons. The number of ether oxygens (including phenoxy) is 4. The molecule has 4 aromatic rings. The molecule has 0 saturated carbocycles. The number of imidazole rings is 1. The summed E-state index contributed by atoms with van der Waals surface area (Å²) in [6.07, 6.45) is 6.65. The van der Waals surface area contributed by atoms with Crippen LogP contribution in [-0.2, 0) is 28.4 Å². The number of para-hydroxylation sites is 1. The van der Waals surface area contributed by atoms with Gasteiger partial charge in [-0.05, 0) is 62.5 Å². The average Bonchev–Trinajstić information content (AvgIpc) is 3.51. The van der Waals surface area contributed by atoms with Crippen LogP contribution in [0.25, 0.3) is 11.0 Å². The highest BCUT2D eigenvalue weighted by Crippen LogP contribution is 2.49. The molecule has 42 heavy (non-hydrogen) atoms. The van der Waals surface area contributed by atoms with Crippen molar-refractivity contribution >= 4 is 28.5 Å². The highest BCUT2D eigenvalue weighted by atomic mass is 35.5. The molecule has 218 valence electrons. The summed E-state index contributed by atoms with van der Waals surface area (Å²) in [6, 6.07) is 11.6. The van der Waals surface area contributed by atoms with Crippen LogP contribution < -0.4 is 9.47 Å². The van der Waals surface area contributed by atoms with E-state index < -0.39 is 5.79 Å². The number of hydrogen-bond donors (Lipinski definition) is 1. The number of hydrogen-bond acceptors (Lipinski definition) is 9. The first-order valence-corrected chi connectivity index (χ1v) is 14.7. The Balaban J connectivity index is 1.07. The summed E-state index contributed by atoms with van der Waals surface area (Å²) in [5.74, 6) is 1.94. The Morgan fingerprint density at radius 3 is 2.67 bits per heavy atom. The third-order valence-corrected chi connectivity index (χ3v) is 8.75. The van der Waals surface area contributed by atoms with Gasteiger partial charge in [0.2, 0.25) is 5.90 Å². The molecule has 1 N–H and O–H groups in total. The van der Waals surface area contributed by atoms with Crippen molar-refractivity contribution in [3.8, 4) is 11.5 Å². The Labute approximate surface area is 249 Å². The molecule has 6 heterocycles. The van der Waals surface area contributed by atoms with Crippen molar-refractivity contribution in [2.24, 2.45) is 0 Å². The molecule has 3 aliphatic heterocycles. The van der Waals surface area contributed by atoms with Gasteiger partial charge in [-0.15, -0.1) is 0 Å². The number of halogens is 1. The van der Waals surface area contributed by atoms with Gasteiger partial charge >= 0.3 is 0 Å². The first kappa shape index (κ1) is 27.1. The summed E-state index contributed by atoms with van der Waals surface area (Å²) in [6.45, 7) is 6.06. The monoisotopic (exact) mass is 588 g/mol. The summed E-state index contributed by atoms with van der Waals surface area (Å²) in [5.41, 5.74) is 4.12. The number of nitrogens with one attached hydrogen (secondary N) is 1. The molecule has 7 rings (SSSR count). The van der Waals surface area contributed by atoms with E-state index in [1.807, 2.05) is 31.2 Å². The molecule has 2 atom stereocenters. The Morgan fingerprint density at radius 1 is 1.12 bits per heavy atom. The van der Waals surface area contributed by atoms with E-state index in [2.05, 4.69) is 25.5 Å². The lowest BCUT2D eigenvalue weighted by molar-refractivity contribution is -0.0722. The lowest BCUT2D eigenvalue weighted by Crippen LogP contribution is -2.35. The summed E-state index contributed by atoms with van der Waals surface area (Å²) < 4.78 is 25.8. The normalized spacial score (nSPS) is 22.3. The minimum absolute atomic E-state index is 0.0314. The second kappa shape index (κ2) is 10.8. The zero-order chi connectivity index (χ0) is 28.8. The predicted molar refractivity (Wildman–Crippen MR) is 157 cm³/mol. The molecule has 0 bridgehead atoms. The van der Waals surface area contributed by atoms with Crippen molar-refractivity contribution in [2.75, 3.05) is 26.8 Å². The fourth-order valence-electron chi connectivity index (χ4n) is 6.08. The van der Waals surface area contributed by atoms with Crippen molar-refractivity contribution < 1.29 is 18.9 Å². The molecule has 2 saturated heterocycles. The molecule has 11 heteroatoms. The molecular weight excluding hydrogens is 556 g/mol. The average molecular weight is 589 g/mol. The molecule has 0 amide bonds. The second-order valence-electron chi connectivity index (χ2n) is 11.2. The van der Waals surface area contributed by atoms with Gasteiger partial charge in [-0.1, -0.05) is 23.7 Å². The molecule has 10 nitrogen and oxygen atoms in total. The van der Waals surface area contributed by atoms with Crippen LogP contribution in [0.1, 0.15) is 54.9 Å². The number of nitrogens with zero attached hydrogens (tertiary/aromatic N) is 5. The van der Waals surface area contributed by atoms with E-state index in [1.54, 1.807) is 18.5 Å². The van der Waals surface area contributed by atoms with E-state index in [4.69, 9.17) is 40.9 Å². The van der Waals surface area contributed by atoms with E-state index >= 15 is 0 Å². The van der Waals surface area contributed by atoms with Gasteiger partial charge in [-0.3, -0.25) is 15.3 Å². The van der Waals surface area contributed by atoms with E-state index in [-0.39, 0.29) is 12.0 Å². The van der Waals surface area contributed by atoms with Crippen molar-refractivity contribution in [3.05, 3.63) is 76.6 Å². The standard InChI is InChI=1S/C31H33ClN6O4/c1-31(27-7-6-20(32)15-35-27)41-26-5-3-4-22(29(26)42-31)19-8-11-37(12-9-19)18-28-36-23-14-24(30(33)39-2)34-16-25(23)38(28)17-21-10-13-40-21/h3-7,14-16,19,21,33H,8-13,17-18H2,1-2H3/t21-,31?/m0/s1. The number of methoxy groups -OCH3 is 1. The molecular formula is C31H33ClN6O4. The van der Waals surface area contributed by atoms with Gasteiger partial charge in [0.1, 0.15) is 17.2 Å². The van der Waals surface area contributed by atoms with Crippen LogP contribution in [0, 0.1) is 5.41 Å². The Morgan fingerprint density at radius 2 is 1.95 bits per heavy atom. The number of aromatic nitrogens is 4.